The molecule has 1 rings (SSSR count). The molecule has 1 unspecified atom stereocenters. The van der Waals surface area contributed by atoms with Crippen LogP contribution in [0.1, 0.15) is 24.9 Å². The minimum Gasteiger partial charge on any atom is -0.480 e. The molecule has 0 saturated carbocycles. The van der Waals surface area contributed by atoms with E-state index in [2.05, 4.69) is 21.2 Å². The van der Waals surface area contributed by atoms with Crippen molar-refractivity contribution in [1.29, 1.82) is 0 Å². The number of carbonyl (C=O) groups is 1. The van der Waals surface area contributed by atoms with E-state index in [0.717, 1.165) is 6.42 Å². The zero-order valence-electron chi connectivity index (χ0n) is 8.84. The Kier molecular flexibility index (Phi) is 4.89. The van der Waals surface area contributed by atoms with Crippen molar-refractivity contribution in [3.05, 3.63) is 34.1 Å². The fraction of sp³-hybridized carbons (Fsp3) is 0.364. The molecule has 88 valence electrons. The second kappa shape index (κ2) is 5.96. The van der Waals surface area contributed by atoms with Crippen LogP contribution in [-0.2, 0) is 4.79 Å². The maximum absolute atomic E-state index is 13.5. The Morgan fingerprint density at radius 2 is 2.31 bits per heavy atom. The van der Waals surface area contributed by atoms with Crippen LogP contribution in [0.4, 0.5) is 4.39 Å². The lowest BCUT2D eigenvalue weighted by Gasteiger charge is -2.15. The number of hydrogen-bond donors (Lipinski definition) is 2. The van der Waals surface area contributed by atoms with Gasteiger partial charge in [0.2, 0.25) is 0 Å². The van der Waals surface area contributed by atoms with Crippen molar-refractivity contribution in [1.82, 2.24) is 5.32 Å². The molecule has 0 aliphatic rings. The van der Waals surface area contributed by atoms with E-state index in [1.165, 1.54) is 18.2 Å². The number of nitrogens with one attached hydrogen (secondary N) is 1. The maximum Gasteiger partial charge on any atom is 0.325 e. The zero-order chi connectivity index (χ0) is 12.1. The van der Waals surface area contributed by atoms with Gasteiger partial charge in [-0.3, -0.25) is 4.79 Å². The Balaban J connectivity index is 3.00. The van der Waals surface area contributed by atoms with E-state index < -0.39 is 17.8 Å². The number of carboxylic acids is 1. The van der Waals surface area contributed by atoms with Crippen molar-refractivity contribution >= 4 is 21.9 Å². The predicted octanol–water partition coefficient (Wildman–Crippen LogP) is 2.71. The molecule has 0 bridgehead atoms. The van der Waals surface area contributed by atoms with Crippen molar-refractivity contribution in [3.63, 3.8) is 0 Å². The SMILES string of the molecule is CCCNC(C(=O)O)c1cc(Br)ccc1F. The van der Waals surface area contributed by atoms with Gasteiger partial charge in [-0.05, 0) is 31.2 Å². The minimum atomic E-state index is -1.08. The molecular weight excluding hydrogens is 277 g/mol. The molecular formula is C11H13BrFNO2. The average molecular weight is 290 g/mol. The van der Waals surface area contributed by atoms with E-state index in [9.17, 15) is 9.18 Å². The molecule has 1 aromatic rings. The lowest BCUT2D eigenvalue weighted by Crippen LogP contribution is -2.29. The first kappa shape index (κ1) is 13.1. The van der Waals surface area contributed by atoms with Crippen LogP contribution in [0.3, 0.4) is 0 Å². The van der Waals surface area contributed by atoms with Gasteiger partial charge in [-0.15, -0.1) is 0 Å². The first-order valence-corrected chi connectivity index (χ1v) is 5.76. The molecule has 0 radical (unpaired) electrons. The third-order valence-electron chi connectivity index (χ3n) is 2.11. The Morgan fingerprint density at radius 1 is 1.62 bits per heavy atom. The van der Waals surface area contributed by atoms with Gasteiger partial charge in [0, 0.05) is 10.0 Å². The highest BCUT2D eigenvalue weighted by molar-refractivity contribution is 9.10. The topological polar surface area (TPSA) is 49.3 Å². The summed E-state index contributed by atoms with van der Waals surface area (Å²) in [7, 11) is 0. The number of benzene rings is 1. The molecule has 0 aliphatic carbocycles. The van der Waals surface area contributed by atoms with Crippen LogP contribution >= 0.6 is 15.9 Å². The van der Waals surface area contributed by atoms with Crippen molar-refractivity contribution in [2.24, 2.45) is 0 Å². The summed E-state index contributed by atoms with van der Waals surface area (Å²) in [6.45, 7) is 2.45. The van der Waals surface area contributed by atoms with Gasteiger partial charge in [0.1, 0.15) is 11.9 Å². The number of hydrogen-bond acceptors (Lipinski definition) is 2. The molecule has 0 saturated heterocycles. The van der Waals surface area contributed by atoms with E-state index in [4.69, 9.17) is 5.11 Å². The lowest BCUT2D eigenvalue weighted by atomic mass is 10.1. The van der Waals surface area contributed by atoms with E-state index in [1.54, 1.807) is 0 Å². The number of aliphatic carboxylic acids is 1. The third-order valence-corrected chi connectivity index (χ3v) is 2.61. The van der Waals surface area contributed by atoms with Crippen LogP contribution in [-0.4, -0.2) is 17.6 Å². The van der Waals surface area contributed by atoms with Crippen LogP contribution in [0.15, 0.2) is 22.7 Å². The predicted molar refractivity (Wildman–Crippen MR) is 62.8 cm³/mol. The molecule has 3 nitrogen and oxygen atoms in total. The highest BCUT2D eigenvalue weighted by Crippen LogP contribution is 2.22. The van der Waals surface area contributed by atoms with E-state index in [-0.39, 0.29) is 5.56 Å². The molecule has 2 N–H and O–H groups in total. The molecule has 0 aromatic heterocycles. The first-order valence-electron chi connectivity index (χ1n) is 4.97. The van der Waals surface area contributed by atoms with Gasteiger partial charge in [-0.25, -0.2) is 4.39 Å². The largest absolute Gasteiger partial charge is 0.480 e. The fourth-order valence-electron chi connectivity index (χ4n) is 1.35. The van der Waals surface area contributed by atoms with E-state index in [0.29, 0.717) is 11.0 Å². The van der Waals surface area contributed by atoms with Crippen molar-refractivity contribution < 1.29 is 14.3 Å². The summed E-state index contributed by atoms with van der Waals surface area (Å²) in [4.78, 5) is 11.0. The van der Waals surface area contributed by atoms with E-state index >= 15 is 0 Å². The third kappa shape index (κ3) is 3.28. The second-order valence-electron chi connectivity index (χ2n) is 3.39. The summed E-state index contributed by atoms with van der Waals surface area (Å²) in [5.74, 6) is -1.59. The fourth-order valence-corrected chi connectivity index (χ4v) is 1.73. The standard InChI is InChI=1S/C11H13BrFNO2/c1-2-5-14-10(11(15)16)8-6-7(12)3-4-9(8)13/h3-4,6,10,14H,2,5H2,1H3,(H,15,16). The van der Waals surface area contributed by atoms with Crippen molar-refractivity contribution in [2.75, 3.05) is 6.54 Å². The van der Waals surface area contributed by atoms with Gasteiger partial charge in [0.05, 0.1) is 0 Å². The van der Waals surface area contributed by atoms with Crippen LogP contribution in [0.25, 0.3) is 0 Å². The van der Waals surface area contributed by atoms with Gasteiger partial charge >= 0.3 is 5.97 Å². The van der Waals surface area contributed by atoms with Gasteiger partial charge in [0.15, 0.2) is 0 Å². The number of carboxylic acid groups (broad SMARTS) is 1. The number of rotatable bonds is 5. The highest BCUT2D eigenvalue weighted by Gasteiger charge is 2.22. The smallest absolute Gasteiger partial charge is 0.325 e. The highest BCUT2D eigenvalue weighted by atomic mass is 79.9. The Morgan fingerprint density at radius 3 is 2.88 bits per heavy atom. The Bertz CT molecular complexity index is 384. The lowest BCUT2D eigenvalue weighted by molar-refractivity contribution is -0.139. The molecule has 0 spiro atoms. The van der Waals surface area contributed by atoms with Gasteiger partial charge < -0.3 is 10.4 Å². The average Bonchev–Trinajstić information content (AvgIpc) is 2.23. The molecule has 5 heteroatoms. The normalized spacial score (nSPS) is 12.4. The quantitative estimate of drug-likeness (QED) is 0.876. The van der Waals surface area contributed by atoms with Gasteiger partial charge in [-0.2, -0.15) is 0 Å². The van der Waals surface area contributed by atoms with Crippen LogP contribution in [0, 0.1) is 5.82 Å². The second-order valence-corrected chi connectivity index (χ2v) is 4.31. The zero-order valence-corrected chi connectivity index (χ0v) is 10.4. The summed E-state index contributed by atoms with van der Waals surface area (Å²) in [5, 5.41) is 11.8. The molecule has 1 atom stereocenters. The summed E-state index contributed by atoms with van der Waals surface area (Å²) >= 11 is 3.19. The molecule has 0 amide bonds. The summed E-state index contributed by atoms with van der Waals surface area (Å²) in [6.07, 6.45) is 0.791. The molecule has 0 fully saturated rings. The van der Waals surface area contributed by atoms with E-state index in [1.807, 2.05) is 6.92 Å². The van der Waals surface area contributed by atoms with Crippen molar-refractivity contribution in [3.8, 4) is 0 Å². The first-order chi connectivity index (χ1) is 7.56. The Labute approximate surface area is 102 Å². The van der Waals surface area contributed by atoms with Crippen LogP contribution in [0.2, 0.25) is 0 Å². The minimum absolute atomic E-state index is 0.148. The van der Waals surface area contributed by atoms with Crippen LogP contribution < -0.4 is 5.32 Å². The Hall–Kier alpha value is -0.940. The maximum atomic E-state index is 13.5. The summed E-state index contributed by atoms with van der Waals surface area (Å²) in [5.41, 5.74) is 0.148. The van der Waals surface area contributed by atoms with Crippen molar-refractivity contribution in [2.45, 2.75) is 19.4 Å². The van der Waals surface area contributed by atoms with Crippen LogP contribution in [0.5, 0.6) is 0 Å². The monoisotopic (exact) mass is 289 g/mol. The molecule has 0 heterocycles. The van der Waals surface area contributed by atoms with Gasteiger partial charge in [0.25, 0.3) is 0 Å². The summed E-state index contributed by atoms with van der Waals surface area (Å²) < 4.78 is 14.1. The molecule has 0 aliphatic heterocycles. The van der Waals surface area contributed by atoms with Gasteiger partial charge in [-0.1, -0.05) is 22.9 Å². The molecule has 16 heavy (non-hydrogen) atoms. The number of halogens is 2. The summed E-state index contributed by atoms with van der Waals surface area (Å²) in [6, 6.07) is 3.27. The molecule has 1 aromatic carbocycles.